The van der Waals surface area contributed by atoms with Crippen molar-refractivity contribution in [3.8, 4) is 11.5 Å². The molecule has 0 spiro atoms. The lowest BCUT2D eigenvalue weighted by atomic mass is 10.3. The maximum atomic E-state index is 12.0. The molecule has 0 saturated carbocycles. The number of methoxy groups -OCH3 is 1. The summed E-state index contributed by atoms with van der Waals surface area (Å²) in [5.41, 5.74) is 0.750. The molecule has 0 heterocycles. The second kappa shape index (κ2) is 9.30. The fourth-order valence-corrected chi connectivity index (χ4v) is 2.31. The summed E-state index contributed by atoms with van der Waals surface area (Å²) >= 11 is 3.38. The molecule has 0 fully saturated rings. The zero-order valence-corrected chi connectivity index (χ0v) is 15.4. The van der Waals surface area contributed by atoms with Crippen molar-refractivity contribution in [1.82, 2.24) is 4.90 Å². The van der Waals surface area contributed by atoms with Crippen molar-refractivity contribution in [3.63, 3.8) is 0 Å². The topological polar surface area (TPSA) is 50.8 Å². The number of halogens is 1. The van der Waals surface area contributed by atoms with E-state index in [1.54, 1.807) is 7.11 Å². The highest BCUT2D eigenvalue weighted by atomic mass is 79.9. The summed E-state index contributed by atoms with van der Waals surface area (Å²) in [6.07, 6.45) is 0. The second-order valence-electron chi connectivity index (χ2n) is 5.32. The summed E-state index contributed by atoms with van der Waals surface area (Å²) in [6, 6.07) is 14.9. The molecule has 0 unspecified atom stereocenters. The van der Waals surface area contributed by atoms with Crippen LogP contribution in [0, 0.1) is 0 Å². The van der Waals surface area contributed by atoms with Gasteiger partial charge in [-0.1, -0.05) is 15.9 Å². The number of anilines is 1. The van der Waals surface area contributed by atoms with Gasteiger partial charge in [0.2, 0.25) is 5.91 Å². The first-order valence-corrected chi connectivity index (χ1v) is 8.37. The fraction of sp³-hybridized carbons (Fsp3) is 0.278. The standard InChI is InChI=1S/C18H21BrN2O3/c1-21(11-12-24-17-7-3-14(19)4-8-17)13-18(22)20-15-5-9-16(23-2)10-6-15/h3-10H,11-13H2,1-2H3,(H,20,22). The van der Waals surface area contributed by atoms with E-state index in [1.807, 2.05) is 60.5 Å². The van der Waals surface area contributed by atoms with Gasteiger partial charge in [0.05, 0.1) is 13.7 Å². The van der Waals surface area contributed by atoms with E-state index in [0.29, 0.717) is 19.7 Å². The average Bonchev–Trinajstić information content (AvgIpc) is 2.57. The third-order valence-electron chi connectivity index (χ3n) is 3.34. The Kier molecular flexibility index (Phi) is 7.08. The lowest BCUT2D eigenvalue weighted by Crippen LogP contribution is -2.33. The molecule has 0 aliphatic heterocycles. The number of benzene rings is 2. The molecular weight excluding hydrogens is 372 g/mol. The van der Waals surface area contributed by atoms with E-state index < -0.39 is 0 Å². The molecular formula is C18H21BrN2O3. The summed E-state index contributed by atoms with van der Waals surface area (Å²) in [6.45, 7) is 1.48. The van der Waals surface area contributed by atoms with Gasteiger partial charge in [0.1, 0.15) is 18.1 Å². The third-order valence-corrected chi connectivity index (χ3v) is 3.87. The first-order valence-electron chi connectivity index (χ1n) is 7.57. The number of nitrogens with zero attached hydrogens (tertiary/aromatic N) is 1. The number of likely N-dealkylation sites (N-methyl/N-ethyl adjacent to an activating group) is 1. The highest BCUT2D eigenvalue weighted by Crippen LogP contribution is 2.16. The molecule has 0 aromatic heterocycles. The smallest absolute Gasteiger partial charge is 0.238 e. The van der Waals surface area contributed by atoms with Crippen LogP contribution in [0.1, 0.15) is 0 Å². The Morgan fingerprint density at radius 2 is 1.71 bits per heavy atom. The minimum atomic E-state index is -0.0636. The zero-order chi connectivity index (χ0) is 17.4. The molecule has 0 radical (unpaired) electrons. The van der Waals surface area contributed by atoms with E-state index >= 15 is 0 Å². The first-order chi connectivity index (χ1) is 11.6. The Labute approximate surface area is 150 Å². The average molecular weight is 393 g/mol. The van der Waals surface area contributed by atoms with Crippen LogP contribution in [0.15, 0.2) is 53.0 Å². The van der Waals surface area contributed by atoms with Crippen LogP contribution in [0.4, 0.5) is 5.69 Å². The van der Waals surface area contributed by atoms with Gasteiger partial charge in [-0.3, -0.25) is 9.69 Å². The first kappa shape index (κ1) is 18.3. The minimum Gasteiger partial charge on any atom is -0.497 e. The van der Waals surface area contributed by atoms with E-state index in [1.165, 1.54) is 0 Å². The summed E-state index contributed by atoms with van der Waals surface area (Å²) in [5, 5.41) is 2.86. The zero-order valence-electron chi connectivity index (χ0n) is 13.8. The van der Waals surface area contributed by atoms with Gasteiger partial charge < -0.3 is 14.8 Å². The van der Waals surface area contributed by atoms with Gasteiger partial charge in [0, 0.05) is 16.7 Å². The molecule has 0 atom stereocenters. The number of rotatable bonds is 8. The Morgan fingerprint density at radius 3 is 2.33 bits per heavy atom. The van der Waals surface area contributed by atoms with E-state index in [9.17, 15) is 4.79 Å². The van der Waals surface area contributed by atoms with Gasteiger partial charge in [-0.15, -0.1) is 0 Å². The summed E-state index contributed by atoms with van der Waals surface area (Å²) in [5.74, 6) is 1.51. The van der Waals surface area contributed by atoms with Gasteiger partial charge >= 0.3 is 0 Å². The van der Waals surface area contributed by atoms with Crippen molar-refractivity contribution in [2.45, 2.75) is 0 Å². The van der Waals surface area contributed by atoms with Gasteiger partial charge in [-0.25, -0.2) is 0 Å². The van der Waals surface area contributed by atoms with Crippen LogP contribution >= 0.6 is 15.9 Å². The third kappa shape index (κ3) is 6.22. The molecule has 24 heavy (non-hydrogen) atoms. The molecule has 1 amide bonds. The molecule has 6 heteroatoms. The fourth-order valence-electron chi connectivity index (χ4n) is 2.05. The number of carbonyl (C=O) groups is 1. The predicted molar refractivity (Wildman–Crippen MR) is 98.8 cm³/mol. The maximum Gasteiger partial charge on any atom is 0.238 e. The molecule has 1 N–H and O–H groups in total. The Morgan fingerprint density at radius 1 is 1.08 bits per heavy atom. The quantitative estimate of drug-likeness (QED) is 0.747. The minimum absolute atomic E-state index is 0.0636. The van der Waals surface area contributed by atoms with Crippen LogP contribution in [-0.4, -0.2) is 44.7 Å². The van der Waals surface area contributed by atoms with Crippen LogP contribution < -0.4 is 14.8 Å². The Bertz CT molecular complexity index is 644. The molecule has 128 valence electrons. The van der Waals surface area contributed by atoms with Crippen LogP contribution in [-0.2, 0) is 4.79 Å². The molecule has 0 bridgehead atoms. The molecule has 0 aliphatic rings. The van der Waals surface area contributed by atoms with Crippen LogP contribution in [0.2, 0.25) is 0 Å². The van der Waals surface area contributed by atoms with Gasteiger partial charge in [-0.2, -0.15) is 0 Å². The van der Waals surface area contributed by atoms with Crippen molar-refractivity contribution in [2.75, 3.05) is 39.2 Å². The summed E-state index contributed by atoms with van der Waals surface area (Å²) in [4.78, 5) is 13.9. The van der Waals surface area contributed by atoms with Gasteiger partial charge in [0.15, 0.2) is 0 Å². The number of ether oxygens (including phenoxy) is 2. The molecule has 2 aromatic carbocycles. The van der Waals surface area contributed by atoms with Crippen molar-refractivity contribution >= 4 is 27.5 Å². The SMILES string of the molecule is COc1ccc(NC(=O)CN(C)CCOc2ccc(Br)cc2)cc1. The molecule has 5 nitrogen and oxygen atoms in total. The van der Waals surface area contributed by atoms with Crippen molar-refractivity contribution < 1.29 is 14.3 Å². The Balaban J connectivity index is 1.69. The summed E-state index contributed by atoms with van der Waals surface area (Å²) in [7, 11) is 3.50. The number of carbonyl (C=O) groups excluding carboxylic acids is 1. The molecule has 2 aromatic rings. The molecule has 0 aliphatic carbocycles. The monoisotopic (exact) mass is 392 g/mol. The number of hydrogen-bond acceptors (Lipinski definition) is 4. The van der Waals surface area contributed by atoms with E-state index in [2.05, 4.69) is 21.2 Å². The largest absolute Gasteiger partial charge is 0.497 e. The lowest BCUT2D eigenvalue weighted by molar-refractivity contribution is -0.117. The van der Waals surface area contributed by atoms with Gasteiger partial charge in [-0.05, 0) is 55.6 Å². The second-order valence-corrected chi connectivity index (χ2v) is 6.23. The highest BCUT2D eigenvalue weighted by molar-refractivity contribution is 9.10. The van der Waals surface area contributed by atoms with Crippen molar-refractivity contribution in [3.05, 3.63) is 53.0 Å². The van der Waals surface area contributed by atoms with E-state index in [0.717, 1.165) is 21.7 Å². The van der Waals surface area contributed by atoms with E-state index in [4.69, 9.17) is 9.47 Å². The van der Waals surface area contributed by atoms with Crippen LogP contribution in [0.5, 0.6) is 11.5 Å². The van der Waals surface area contributed by atoms with E-state index in [-0.39, 0.29) is 5.91 Å². The van der Waals surface area contributed by atoms with Gasteiger partial charge in [0.25, 0.3) is 0 Å². The predicted octanol–water partition coefficient (Wildman–Crippen LogP) is 3.41. The maximum absolute atomic E-state index is 12.0. The molecule has 0 saturated heterocycles. The lowest BCUT2D eigenvalue weighted by Gasteiger charge is -2.16. The number of amides is 1. The summed E-state index contributed by atoms with van der Waals surface area (Å²) < 4.78 is 11.8. The van der Waals surface area contributed by atoms with Crippen molar-refractivity contribution in [2.24, 2.45) is 0 Å². The van der Waals surface area contributed by atoms with Crippen LogP contribution in [0.25, 0.3) is 0 Å². The number of nitrogens with one attached hydrogen (secondary N) is 1. The van der Waals surface area contributed by atoms with Crippen molar-refractivity contribution in [1.29, 1.82) is 0 Å². The normalized spacial score (nSPS) is 10.5. The molecule has 2 rings (SSSR count). The van der Waals surface area contributed by atoms with Crippen LogP contribution in [0.3, 0.4) is 0 Å². The number of hydrogen-bond donors (Lipinski definition) is 1. The highest BCUT2D eigenvalue weighted by Gasteiger charge is 2.07. The Hall–Kier alpha value is -2.05.